The summed E-state index contributed by atoms with van der Waals surface area (Å²) in [6, 6.07) is 33.2. The first kappa shape index (κ1) is 23.7. The molecule has 5 heteroatoms. The number of rotatable bonds is 8. The van der Waals surface area contributed by atoms with Crippen LogP contribution in [-0.2, 0) is 4.79 Å². The predicted octanol–water partition coefficient (Wildman–Crippen LogP) is 5.70. The molecule has 1 N–H and O–H groups in total. The van der Waals surface area contributed by atoms with E-state index in [1.54, 1.807) is 6.33 Å². The Balaban J connectivity index is 1.21. The summed E-state index contributed by atoms with van der Waals surface area (Å²) in [4.78, 5) is 24.3. The van der Waals surface area contributed by atoms with Crippen molar-refractivity contribution in [3.8, 4) is 11.3 Å². The van der Waals surface area contributed by atoms with Gasteiger partial charge in [-0.2, -0.15) is 0 Å². The Labute approximate surface area is 213 Å². The van der Waals surface area contributed by atoms with Gasteiger partial charge >= 0.3 is 0 Å². The van der Waals surface area contributed by atoms with Crippen molar-refractivity contribution in [3.63, 3.8) is 0 Å². The number of hydrogen-bond donors (Lipinski definition) is 1. The van der Waals surface area contributed by atoms with Crippen LogP contribution in [0.25, 0.3) is 11.3 Å². The summed E-state index contributed by atoms with van der Waals surface area (Å²) < 4.78 is 0. The van der Waals surface area contributed by atoms with Gasteiger partial charge in [0.15, 0.2) is 0 Å². The van der Waals surface area contributed by atoms with Gasteiger partial charge in [0.25, 0.3) is 0 Å². The van der Waals surface area contributed by atoms with Gasteiger partial charge in [0.1, 0.15) is 12.1 Å². The Kier molecular flexibility index (Phi) is 7.67. The molecule has 3 aromatic carbocycles. The smallest absolute Gasteiger partial charge is 0.224 e. The molecule has 5 rings (SSSR count). The second-order valence-corrected chi connectivity index (χ2v) is 9.37. The predicted molar refractivity (Wildman–Crippen MR) is 145 cm³/mol. The SMILES string of the molecule is O=C(NCCC(c1ccccc1)c1ccccc1)C1CCCN(c2cc(-c3ccccc3)ncn2)C1. The van der Waals surface area contributed by atoms with Crippen LogP contribution in [0.2, 0.25) is 0 Å². The molecule has 1 unspecified atom stereocenters. The molecule has 1 fully saturated rings. The van der Waals surface area contributed by atoms with Crippen molar-refractivity contribution in [1.82, 2.24) is 15.3 Å². The third kappa shape index (κ3) is 5.80. The molecule has 1 saturated heterocycles. The van der Waals surface area contributed by atoms with E-state index in [2.05, 4.69) is 80.8 Å². The van der Waals surface area contributed by atoms with Gasteiger partial charge in [-0.3, -0.25) is 4.79 Å². The lowest BCUT2D eigenvalue weighted by Crippen LogP contribution is -2.43. The Bertz CT molecular complexity index is 1210. The van der Waals surface area contributed by atoms with Crippen LogP contribution in [0.5, 0.6) is 0 Å². The van der Waals surface area contributed by atoms with Crippen molar-refractivity contribution < 1.29 is 4.79 Å². The van der Waals surface area contributed by atoms with E-state index in [0.29, 0.717) is 13.1 Å². The van der Waals surface area contributed by atoms with E-state index in [1.165, 1.54) is 11.1 Å². The maximum atomic E-state index is 13.1. The van der Waals surface area contributed by atoms with Gasteiger partial charge in [0.05, 0.1) is 11.6 Å². The highest BCUT2D eigenvalue weighted by atomic mass is 16.1. The molecular formula is C31H32N4O. The number of aromatic nitrogens is 2. The lowest BCUT2D eigenvalue weighted by atomic mass is 9.88. The summed E-state index contributed by atoms with van der Waals surface area (Å²) in [5.41, 5.74) is 4.53. The number of anilines is 1. The maximum Gasteiger partial charge on any atom is 0.224 e. The van der Waals surface area contributed by atoms with Gasteiger partial charge in [0.2, 0.25) is 5.91 Å². The number of carbonyl (C=O) groups excluding carboxylic acids is 1. The fourth-order valence-electron chi connectivity index (χ4n) is 5.07. The van der Waals surface area contributed by atoms with Crippen molar-refractivity contribution in [2.45, 2.75) is 25.2 Å². The number of nitrogens with one attached hydrogen (secondary N) is 1. The van der Waals surface area contributed by atoms with Gasteiger partial charge < -0.3 is 10.2 Å². The fraction of sp³-hybridized carbons (Fsp3) is 0.258. The average Bonchev–Trinajstić information content (AvgIpc) is 2.97. The molecule has 5 nitrogen and oxygen atoms in total. The molecule has 2 heterocycles. The van der Waals surface area contributed by atoms with Crippen LogP contribution in [0.15, 0.2) is 103 Å². The second kappa shape index (κ2) is 11.6. The lowest BCUT2D eigenvalue weighted by molar-refractivity contribution is -0.125. The van der Waals surface area contributed by atoms with Crippen LogP contribution in [0.4, 0.5) is 5.82 Å². The monoisotopic (exact) mass is 476 g/mol. The number of carbonyl (C=O) groups is 1. The van der Waals surface area contributed by atoms with Crippen LogP contribution in [0.3, 0.4) is 0 Å². The van der Waals surface area contributed by atoms with E-state index in [9.17, 15) is 4.79 Å². The van der Waals surface area contributed by atoms with E-state index in [-0.39, 0.29) is 17.7 Å². The minimum atomic E-state index is -0.0409. The highest BCUT2D eigenvalue weighted by Crippen LogP contribution is 2.28. The zero-order valence-corrected chi connectivity index (χ0v) is 20.5. The third-order valence-electron chi connectivity index (χ3n) is 6.97. The van der Waals surface area contributed by atoms with Gasteiger partial charge in [-0.1, -0.05) is 91.0 Å². The van der Waals surface area contributed by atoms with Gasteiger partial charge in [0, 0.05) is 37.2 Å². The van der Waals surface area contributed by atoms with Crippen LogP contribution >= 0.6 is 0 Å². The van der Waals surface area contributed by atoms with Crippen molar-refractivity contribution in [2.24, 2.45) is 5.92 Å². The van der Waals surface area contributed by atoms with Crippen molar-refractivity contribution in [2.75, 3.05) is 24.5 Å². The summed E-state index contributed by atoms with van der Waals surface area (Å²) in [5.74, 6) is 1.24. The molecular weight excluding hydrogens is 444 g/mol. The Morgan fingerprint density at radius 2 is 1.53 bits per heavy atom. The summed E-state index contributed by atoms with van der Waals surface area (Å²) in [6.45, 7) is 2.23. The van der Waals surface area contributed by atoms with E-state index in [0.717, 1.165) is 42.9 Å². The van der Waals surface area contributed by atoms with E-state index < -0.39 is 0 Å². The topological polar surface area (TPSA) is 58.1 Å². The molecule has 0 radical (unpaired) electrons. The normalized spacial score (nSPS) is 15.6. The summed E-state index contributed by atoms with van der Waals surface area (Å²) in [7, 11) is 0. The average molecular weight is 477 g/mol. The number of nitrogens with zero attached hydrogens (tertiary/aromatic N) is 3. The molecule has 182 valence electrons. The molecule has 0 spiro atoms. The van der Waals surface area contributed by atoms with Gasteiger partial charge in [-0.15, -0.1) is 0 Å². The van der Waals surface area contributed by atoms with Crippen LogP contribution in [0, 0.1) is 5.92 Å². The Morgan fingerprint density at radius 3 is 2.19 bits per heavy atom. The first-order valence-corrected chi connectivity index (χ1v) is 12.8. The van der Waals surface area contributed by atoms with Crippen molar-refractivity contribution in [1.29, 1.82) is 0 Å². The number of piperidine rings is 1. The zero-order chi connectivity index (χ0) is 24.6. The molecule has 1 atom stereocenters. The minimum Gasteiger partial charge on any atom is -0.356 e. The minimum absolute atomic E-state index is 0.0409. The second-order valence-electron chi connectivity index (χ2n) is 9.37. The molecule has 1 amide bonds. The largest absolute Gasteiger partial charge is 0.356 e. The van der Waals surface area contributed by atoms with Crippen LogP contribution < -0.4 is 10.2 Å². The first-order valence-electron chi connectivity index (χ1n) is 12.8. The van der Waals surface area contributed by atoms with Gasteiger partial charge in [-0.25, -0.2) is 9.97 Å². The molecule has 1 aliphatic heterocycles. The fourth-order valence-corrected chi connectivity index (χ4v) is 5.07. The third-order valence-corrected chi connectivity index (χ3v) is 6.97. The first-order chi connectivity index (χ1) is 17.8. The highest BCUT2D eigenvalue weighted by molar-refractivity contribution is 5.79. The van der Waals surface area contributed by atoms with Crippen molar-refractivity contribution >= 4 is 11.7 Å². The molecule has 0 bridgehead atoms. The summed E-state index contributed by atoms with van der Waals surface area (Å²) >= 11 is 0. The molecule has 1 aromatic heterocycles. The standard InChI is InChI=1S/C31H32N4O/c36-31(32-19-18-28(24-11-4-1-5-12-24)25-13-6-2-7-14-25)27-17-10-20-35(22-27)30-21-29(33-23-34-30)26-15-8-3-9-16-26/h1-9,11-16,21,23,27-28H,10,17-20,22H2,(H,32,36). The molecule has 4 aromatic rings. The Morgan fingerprint density at radius 1 is 0.889 bits per heavy atom. The maximum absolute atomic E-state index is 13.1. The van der Waals surface area contributed by atoms with E-state index >= 15 is 0 Å². The lowest BCUT2D eigenvalue weighted by Gasteiger charge is -2.33. The number of benzene rings is 3. The van der Waals surface area contributed by atoms with Crippen LogP contribution in [-0.4, -0.2) is 35.5 Å². The van der Waals surface area contributed by atoms with Crippen molar-refractivity contribution in [3.05, 3.63) is 115 Å². The summed E-state index contributed by atoms with van der Waals surface area (Å²) in [5, 5.41) is 3.23. The number of amides is 1. The van der Waals surface area contributed by atoms with E-state index in [1.807, 2.05) is 36.4 Å². The summed E-state index contributed by atoms with van der Waals surface area (Å²) in [6.07, 6.45) is 4.36. The number of hydrogen-bond acceptors (Lipinski definition) is 4. The van der Waals surface area contributed by atoms with Crippen LogP contribution in [0.1, 0.15) is 36.3 Å². The molecule has 0 saturated carbocycles. The molecule has 1 aliphatic rings. The van der Waals surface area contributed by atoms with Gasteiger partial charge in [-0.05, 0) is 30.4 Å². The quantitative estimate of drug-likeness (QED) is 0.355. The molecule has 0 aliphatic carbocycles. The Hall–Kier alpha value is -3.99. The molecule has 36 heavy (non-hydrogen) atoms. The van der Waals surface area contributed by atoms with E-state index in [4.69, 9.17) is 0 Å². The highest BCUT2D eigenvalue weighted by Gasteiger charge is 2.27. The zero-order valence-electron chi connectivity index (χ0n) is 20.5.